The van der Waals surface area contributed by atoms with Gasteiger partial charge in [-0.25, -0.2) is 9.37 Å². The van der Waals surface area contributed by atoms with Crippen LogP contribution in [0, 0.1) is 12.7 Å². The summed E-state index contributed by atoms with van der Waals surface area (Å²) in [6.07, 6.45) is 1.02. The van der Waals surface area contributed by atoms with Gasteiger partial charge in [0, 0.05) is 29.7 Å². The van der Waals surface area contributed by atoms with Gasteiger partial charge in [0.2, 0.25) is 0 Å². The maximum Gasteiger partial charge on any atom is 0.129 e. The fourth-order valence-corrected chi connectivity index (χ4v) is 2.82. The molecule has 0 radical (unpaired) electrons. The number of hydrogen-bond donors (Lipinski definition) is 1. The number of hydrogen-bond acceptors (Lipinski definition) is 4. The Morgan fingerprint density at radius 2 is 2.16 bits per heavy atom. The van der Waals surface area contributed by atoms with E-state index in [1.54, 1.807) is 29.5 Å². The predicted octanol–water partition coefficient (Wildman–Crippen LogP) is 2.76. The van der Waals surface area contributed by atoms with Crippen LogP contribution in [-0.4, -0.2) is 28.6 Å². The van der Waals surface area contributed by atoms with E-state index in [1.165, 1.54) is 6.07 Å². The topological polar surface area (TPSA) is 36.4 Å². The zero-order valence-electron chi connectivity index (χ0n) is 11.0. The number of aliphatic hydroxyl groups is 1. The number of nitrogens with zero attached hydrogens (tertiary/aromatic N) is 2. The number of likely N-dealkylation sites (N-methyl/N-ethyl adjacent to an activating group) is 1. The number of aromatic nitrogens is 1. The molecule has 0 bridgehead atoms. The summed E-state index contributed by atoms with van der Waals surface area (Å²) in [5, 5.41) is 11.1. The Balaban J connectivity index is 1.95. The molecule has 0 fully saturated rings. The van der Waals surface area contributed by atoms with E-state index in [0.717, 1.165) is 9.88 Å². The van der Waals surface area contributed by atoms with Crippen molar-refractivity contribution in [1.29, 1.82) is 0 Å². The van der Waals surface area contributed by atoms with Crippen LogP contribution in [-0.2, 0) is 6.54 Å². The average molecular weight is 280 g/mol. The lowest BCUT2D eigenvalue weighted by Crippen LogP contribution is -2.24. The van der Waals surface area contributed by atoms with E-state index in [9.17, 15) is 9.50 Å². The predicted molar refractivity (Wildman–Crippen MR) is 74.5 cm³/mol. The molecule has 3 nitrogen and oxygen atoms in total. The molecule has 1 N–H and O–H groups in total. The van der Waals surface area contributed by atoms with E-state index < -0.39 is 6.10 Å². The van der Waals surface area contributed by atoms with E-state index >= 15 is 0 Å². The molecule has 0 spiro atoms. The minimum Gasteiger partial charge on any atom is -0.387 e. The Morgan fingerprint density at radius 1 is 1.42 bits per heavy atom. The second-order valence-electron chi connectivity index (χ2n) is 4.58. The van der Waals surface area contributed by atoms with Gasteiger partial charge in [-0.1, -0.05) is 18.2 Å². The normalized spacial score (nSPS) is 12.9. The third-order valence-corrected chi connectivity index (χ3v) is 3.74. The second-order valence-corrected chi connectivity index (χ2v) is 5.90. The van der Waals surface area contributed by atoms with E-state index in [0.29, 0.717) is 18.7 Å². The monoisotopic (exact) mass is 280 g/mol. The third kappa shape index (κ3) is 3.83. The Hall–Kier alpha value is -1.30. The molecule has 0 saturated carbocycles. The van der Waals surface area contributed by atoms with Crippen molar-refractivity contribution in [2.45, 2.75) is 19.6 Å². The number of rotatable bonds is 5. The molecule has 0 saturated heterocycles. The standard InChI is InChI=1S/C14H17FN2OS/c1-10-16-7-11(19-10)8-17(2)9-14(18)12-5-3-4-6-13(12)15/h3-7,14,18H,8-9H2,1-2H3/t14-/m0/s1. The number of aliphatic hydroxyl groups excluding tert-OH is 1. The highest BCUT2D eigenvalue weighted by molar-refractivity contribution is 7.11. The number of benzene rings is 1. The molecule has 2 aromatic rings. The molecule has 0 aliphatic heterocycles. The van der Waals surface area contributed by atoms with Crippen molar-refractivity contribution in [3.63, 3.8) is 0 Å². The van der Waals surface area contributed by atoms with E-state index in [-0.39, 0.29) is 5.82 Å². The smallest absolute Gasteiger partial charge is 0.129 e. The summed E-state index contributed by atoms with van der Waals surface area (Å²) in [4.78, 5) is 7.29. The Morgan fingerprint density at radius 3 is 2.79 bits per heavy atom. The van der Waals surface area contributed by atoms with Gasteiger partial charge < -0.3 is 5.11 Å². The van der Waals surface area contributed by atoms with Gasteiger partial charge in [-0.05, 0) is 20.0 Å². The van der Waals surface area contributed by atoms with Crippen LogP contribution in [0.5, 0.6) is 0 Å². The van der Waals surface area contributed by atoms with Gasteiger partial charge in [0.1, 0.15) is 5.82 Å². The van der Waals surface area contributed by atoms with Gasteiger partial charge in [0.25, 0.3) is 0 Å². The molecule has 19 heavy (non-hydrogen) atoms. The molecule has 0 aliphatic carbocycles. The van der Waals surface area contributed by atoms with Crippen molar-refractivity contribution in [2.24, 2.45) is 0 Å². The highest BCUT2D eigenvalue weighted by atomic mass is 32.1. The highest BCUT2D eigenvalue weighted by Crippen LogP contribution is 2.19. The molecule has 102 valence electrons. The summed E-state index contributed by atoms with van der Waals surface area (Å²) in [5.74, 6) is -0.364. The van der Waals surface area contributed by atoms with E-state index in [4.69, 9.17) is 0 Å². The first-order valence-corrected chi connectivity index (χ1v) is 6.90. The van der Waals surface area contributed by atoms with Gasteiger partial charge in [0.05, 0.1) is 11.1 Å². The maximum atomic E-state index is 13.5. The molecule has 1 atom stereocenters. The average Bonchev–Trinajstić information content (AvgIpc) is 2.74. The summed E-state index contributed by atoms with van der Waals surface area (Å²) in [6.45, 7) is 3.05. The van der Waals surface area contributed by atoms with Crippen molar-refractivity contribution in [1.82, 2.24) is 9.88 Å². The first kappa shape index (κ1) is 14.1. The van der Waals surface area contributed by atoms with Gasteiger partial charge in [0.15, 0.2) is 0 Å². The molecule has 1 heterocycles. The van der Waals surface area contributed by atoms with E-state index in [1.807, 2.05) is 25.1 Å². The number of thiazole rings is 1. The minimum absolute atomic E-state index is 0.342. The summed E-state index contributed by atoms with van der Waals surface area (Å²) < 4.78 is 13.5. The number of halogens is 1. The quantitative estimate of drug-likeness (QED) is 0.915. The van der Waals surface area contributed by atoms with Crippen LogP contribution in [0.3, 0.4) is 0 Å². The second kappa shape index (κ2) is 6.23. The molecule has 0 unspecified atom stereocenters. The summed E-state index contributed by atoms with van der Waals surface area (Å²) in [7, 11) is 1.90. The van der Waals surface area contributed by atoms with Crippen molar-refractivity contribution < 1.29 is 9.50 Å². The lowest BCUT2D eigenvalue weighted by molar-refractivity contribution is 0.121. The lowest BCUT2D eigenvalue weighted by atomic mass is 10.1. The van der Waals surface area contributed by atoms with Gasteiger partial charge in [-0.15, -0.1) is 11.3 Å². The highest BCUT2D eigenvalue weighted by Gasteiger charge is 2.15. The molecular weight excluding hydrogens is 263 g/mol. The zero-order chi connectivity index (χ0) is 13.8. The van der Waals surface area contributed by atoms with Crippen LogP contribution in [0.2, 0.25) is 0 Å². The first-order chi connectivity index (χ1) is 9.06. The summed E-state index contributed by atoms with van der Waals surface area (Å²) in [6, 6.07) is 6.33. The van der Waals surface area contributed by atoms with Crippen molar-refractivity contribution in [3.05, 3.63) is 51.7 Å². The third-order valence-electron chi connectivity index (χ3n) is 2.84. The molecule has 0 amide bonds. The van der Waals surface area contributed by atoms with Crippen molar-refractivity contribution in [3.8, 4) is 0 Å². The molecule has 1 aromatic carbocycles. The molecule has 5 heteroatoms. The van der Waals surface area contributed by atoms with Gasteiger partial charge in [-0.2, -0.15) is 0 Å². The van der Waals surface area contributed by atoms with Crippen LogP contribution in [0.25, 0.3) is 0 Å². The molecular formula is C14H17FN2OS. The van der Waals surface area contributed by atoms with Crippen LogP contribution in [0.1, 0.15) is 21.6 Å². The van der Waals surface area contributed by atoms with Crippen molar-refractivity contribution >= 4 is 11.3 Å². The van der Waals surface area contributed by atoms with Crippen LogP contribution in [0.15, 0.2) is 30.5 Å². The van der Waals surface area contributed by atoms with Crippen LogP contribution < -0.4 is 0 Å². The fourth-order valence-electron chi connectivity index (χ4n) is 1.95. The molecule has 2 rings (SSSR count). The summed E-state index contributed by atoms with van der Waals surface area (Å²) in [5.41, 5.74) is 0.342. The zero-order valence-corrected chi connectivity index (χ0v) is 11.8. The Labute approximate surface area is 116 Å². The summed E-state index contributed by atoms with van der Waals surface area (Å²) >= 11 is 1.63. The maximum absolute atomic E-state index is 13.5. The fraction of sp³-hybridized carbons (Fsp3) is 0.357. The largest absolute Gasteiger partial charge is 0.387 e. The molecule has 1 aromatic heterocycles. The Kier molecular flexibility index (Phi) is 4.63. The minimum atomic E-state index is -0.819. The Bertz CT molecular complexity index is 544. The number of aryl methyl sites for hydroxylation is 1. The lowest BCUT2D eigenvalue weighted by Gasteiger charge is -2.20. The first-order valence-electron chi connectivity index (χ1n) is 6.08. The SMILES string of the molecule is Cc1ncc(CN(C)C[C@H](O)c2ccccc2F)s1. The van der Waals surface area contributed by atoms with E-state index in [2.05, 4.69) is 4.98 Å². The molecule has 0 aliphatic rings. The van der Waals surface area contributed by atoms with Crippen LogP contribution >= 0.6 is 11.3 Å². The van der Waals surface area contributed by atoms with Crippen LogP contribution in [0.4, 0.5) is 4.39 Å². The van der Waals surface area contributed by atoms with Crippen molar-refractivity contribution in [2.75, 3.05) is 13.6 Å². The van der Waals surface area contributed by atoms with Gasteiger partial charge >= 0.3 is 0 Å². The van der Waals surface area contributed by atoms with Gasteiger partial charge in [-0.3, -0.25) is 4.90 Å².